The first-order valence-electron chi connectivity index (χ1n) is 3.98. The molecule has 0 N–H and O–H groups in total. The highest BCUT2D eigenvalue weighted by Crippen LogP contribution is 2.28. The highest BCUT2D eigenvalue weighted by atomic mass is 79.9. The van der Waals surface area contributed by atoms with E-state index in [0.29, 0.717) is 10.1 Å². The van der Waals surface area contributed by atoms with Gasteiger partial charge in [0, 0.05) is 22.0 Å². The minimum absolute atomic E-state index is 0.0623. The van der Waals surface area contributed by atoms with Gasteiger partial charge in [-0.05, 0) is 44.0 Å². The van der Waals surface area contributed by atoms with E-state index in [1.54, 1.807) is 12.1 Å². The lowest BCUT2D eigenvalue weighted by molar-refractivity contribution is -0.384. The maximum atomic E-state index is 10.6. The second-order valence-corrected chi connectivity index (χ2v) is 4.55. The van der Waals surface area contributed by atoms with Crippen LogP contribution < -0.4 is 0 Å². The first-order chi connectivity index (χ1) is 7.08. The molecule has 0 fully saturated rings. The topological polar surface area (TPSA) is 56.0 Å². The van der Waals surface area contributed by atoms with Crippen molar-refractivity contribution in [2.45, 2.75) is 0 Å². The Hall–Kier alpha value is -1.01. The number of nitrogens with zero attached hydrogens (tertiary/aromatic N) is 2. The van der Waals surface area contributed by atoms with Crippen molar-refractivity contribution < 1.29 is 4.92 Å². The molecule has 0 amide bonds. The number of halogens is 2. The van der Waals surface area contributed by atoms with Gasteiger partial charge in [0.1, 0.15) is 4.60 Å². The molecule has 76 valence electrons. The van der Waals surface area contributed by atoms with Crippen LogP contribution in [0, 0.1) is 10.1 Å². The van der Waals surface area contributed by atoms with Crippen LogP contribution in [-0.4, -0.2) is 9.91 Å². The van der Waals surface area contributed by atoms with Gasteiger partial charge >= 0.3 is 0 Å². The smallest absolute Gasteiger partial charge is 0.258 e. The van der Waals surface area contributed by atoms with Gasteiger partial charge < -0.3 is 0 Å². The summed E-state index contributed by atoms with van der Waals surface area (Å²) in [5.41, 5.74) is 0.772. The summed E-state index contributed by atoms with van der Waals surface area (Å²) in [6.45, 7) is 0. The standard InChI is InChI=1S/C9H4Br2N2O2/c10-7-4-9(11)12-8-2-1-5(13(14)15)3-6(7)8/h1-4H. The molecule has 6 heteroatoms. The Labute approximate surface area is 102 Å². The van der Waals surface area contributed by atoms with Gasteiger partial charge in [0.05, 0.1) is 10.4 Å². The Morgan fingerprint density at radius 3 is 2.67 bits per heavy atom. The number of non-ortho nitro benzene ring substituents is 1. The first kappa shape index (κ1) is 10.5. The van der Waals surface area contributed by atoms with E-state index in [-0.39, 0.29) is 5.69 Å². The summed E-state index contributed by atoms with van der Waals surface area (Å²) >= 11 is 6.59. The van der Waals surface area contributed by atoms with Crippen molar-refractivity contribution in [3.05, 3.63) is 43.5 Å². The molecule has 0 radical (unpaired) electrons. The molecule has 0 aliphatic rings. The predicted octanol–water partition coefficient (Wildman–Crippen LogP) is 3.67. The third kappa shape index (κ3) is 2.00. The highest BCUT2D eigenvalue weighted by molar-refractivity contribution is 9.11. The Morgan fingerprint density at radius 1 is 1.27 bits per heavy atom. The average Bonchev–Trinajstić information content (AvgIpc) is 2.16. The molecular formula is C9H4Br2N2O2. The summed E-state index contributed by atoms with van der Waals surface area (Å²) in [6, 6.07) is 6.32. The molecule has 0 aliphatic heterocycles. The van der Waals surface area contributed by atoms with Gasteiger partial charge in [0.15, 0.2) is 0 Å². The molecule has 0 spiro atoms. The van der Waals surface area contributed by atoms with Gasteiger partial charge in [-0.1, -0.05) is 0 Å². The largest absolute Gasteiger partial charge is 0.270 e. The second-order valence-electron chi connectivity index (χ2n) is 2.89. The number of hydrogen-bond donors (Lipinski definition) is 0. The van der Waals surface area contributed by atoms with Crippen LogP contribution in [0.4, 0.5) is 5.69 Å². The first-order valence-corrected chi connectivity index (χ1v) is 5.57. The predicted molar refractivity (Wildman–Crippen MR) is 63.8 cm³/mol. The average molecular weight is 332 g/mol. The van der Waals surface area contributed by atoms with E-state index in [1.165, 1.54) is 12.1 Å². The minimum atomic E-state index is -0.423. The highest BCUT2D eigenvalue weighted by Gasteiger charge is 2.09. The summed E-state index contributed by atoms with van der Waals surface area (Å²) in [5, 5.41) is 11.3. The molecule has 1 aromatic carbocycles. The number of nitro benzene ring substituents is 1. The van der Waals surface area contributed by atoms with Crippen molar-refractivity contribution in [2.75, 3.05) is 0 Å². The molecule has 0 aliphatic carbocycles. The number of pyridine rings is 1. The minimum Gasteiger partial charge on any atom is -0.258 e. The summed E-state index contributed by atoms with van der Waals surface area (Å²) in [4.78, 5) is 14.4. The summed E-state index contributed by atoms with van der Waals surface area (Å²) in [6.07, 6.45) is 0. The maximum Gasteiger partial charge on any atom is 0.270 e. The number of hydrogen-bond acceptors (Lipinski definition) is 3. The zero-order valence-electron chi connectivity index (χ0n) is 7.28. The van der Waals surface area contributed by atoms with Crippen molar-refractivity contribution >= 4 is 48.5 Å². The van der Waals surface area contributed by atoms with Gasteiger partial charge in [0.2, 0.25) is 0 Å². The fourth-order valence-electron chi connectivity index (χ4n) is 1.26. The zero-order chi connectivity index (χ0) is 11.0. The Bertz CT molecular complexity index is 557. The zero-order valence-corrected chi connectivity index (χ0v) is 10.4. The molecule has 2 rings (SSSR count). The van der Waals surface area contributed by atoms with Gasteiger partial charge in [-0.15, -0.1) is 0 Å². The third-order valence-electron chi connectivity index (χ3n) is 1.92. The van der Waals surface area contributed by atoms with E-state index in [9.17, 15) is 10.1 Å². The van der Waals surface area contributed by atoms with Crippen molar-refractivity contribution in [3.63, 3.8) is 0 Å². The van der Waals surface area contributed by atoms with Gasteiger partial charge in [-0.25, -0.2) is 4.98 Å². The van der Waals surface area contributed by atoms with E-state index in [4.69, 9.17) is 0 Å². The van der Waals surface area contributed by atoms with Crippen LogP contribution in [0.3, 0.4) is 0 Å². The summed E-state index contributed by atoms with van der Waals surface area (Å²) in [7, 11) is 0. The van der Waals surface area contributed by atoms with Crippen LogP contribution >= 0.6 is 31.9 Å². The van der Waals surface area contributed by atoms with Crippen LogP contribution in [0.5, 0.6) is 0 Å². The molecule has 0 atom stereocenters. The molecule has 4 nitrogen and oxygen atoms in total. The summed E-state index contributed by atoms with van der Waals surface area (Å²) in [5.74, 6) is 0. The number of aromatic nitrogens is 1. The summed E-state index contributed by atoms with van der Waals surface area (Å²) < 4.78 is 1.47. The monoisotopic (exact) mass is 330 g/mol. The molecule has 1 heterocycles. The van der Waals surface area contributed by atoms with Crippen molar-refractivity contribution in [1.82, 2.24) is 4.98 Å². The van der Waals surface area contributed by atoms with Crippen LogP contribution in [0.1, 0.15) is 0 Å². The van der Waals surface area contributed by atoms with Crippen molar-refractivity contribution in [3.8, 4) is 0 Å². The van der Waals surface area contributed by atoms with Crippen LogP contribution in [0.25, 0.3) is 10.9 Å². The van der Waals surface area contributed by atoms with E-state index < -0.39 is 4.92 Å². The quantitative estimate of drug-likeness (QED) is 0.455. The number of benzene rings is 1. The van der Waals surface area contributed by atoms with Crippen LogP contribution in [0.2, 0.25) is 0 Å². The molecule has 0 saturated carbocycles. The van der Waals surface area contributed by atoms with Gasteiger partial charge in [-0.2, -0.15) is 0 Å². The molecular weight excluding hydrogens is 328 g/mol. The van der Waals surface area contributed by atoms with Crippen LogP contribution in [-0.2, 0) is 0 Å². The van der Waals surface area contributed by atoms with E-state index in [2.05, 4.69) is 36.8 Å². The third-order valence-corrected chi connectivity index (χ3v) is 2.98. The maximum absolute atomic E-state index is 10.6. The normalized spacial score (nSPS) is 10.5. The van der Waals surface area contributed by atoms with E-state index in [0.717, 1.165) is 9.86 Å². The Kier molecular flexibility index (Phi) is 2.70. The lowest BCUT2D eigenvalue weighted by Crippen LogP contribution is -1.89. The lowest BCUT2D eigenvalue weighted by Gasteiger charge is -2.00. The van der Waals surface area contributed by atoms with Gasteiger partial charge in [-0.3, -0.25) is 10.1 Å². The molecule has 0 saturated heterocycles. The Morgan fingerprint density at radius 2 is 2.00 bits per heavy atom. The molecule has 1 aromatic heterocycles. The Balaban J connectivity index is 2.76. The number of fused-ring (bicyclic) bond motifs is 1. The molecule has 2 aromatic rings. The lowest BCUT2D eigenvalue weighted by atomic mass is 10.2. The van der Waals surface area contributed by atoms with Crippen molar-refractivity contribution in [1.29, 1.82) is 0 Å². The van der Waals surface area contributed by atoms with Crippen molar-refractivity contribution in [2.24, 2.45) is 0 Å². The van der Waals surface area contributed by atoms with E-state index in [1.807, 2.05) is 0 Å². The molecule has 15 heavy (non-hydrogen) atoms. The second kappa shape index (κ2) is 3.86. The van der Waals surface area contributed by atoms with Crippen LogP contribution in [0.15, 0.2) is 33.3 Å². The van der Waals surface area contributed by atoms with E-state index >= 15 is 0 Å². The molecule has 0 unspecified atom stereocenters. The number of rotatable bonds is 1. The van der Waals surface area contributed by atoms with Gasteiger partial charge in [0.25, 0.3) is 5.69 Å². The number of nitro groups is 1. The fourth-order valence-corrected chi connectivity index (χ4v) is 2.52. The fraction of sp³-hybridized carbons (Fsp3) is 0. The SMILES string of the molecule is O=[N+]([O-])c1ccc2nc(Br)cc(Br)c2c1. The molecule has 0 bridgehead atoms.